The number of rotatable bonds is 9. The fourth-order valence-electron chi connectivity index (χ4n) is 3.39. The first-order valence-electron chi connectivity index (χ1n) is 10.3. The molecule has 2 N–H and O–H groups in total. The number of amides is 2. The van der Waals surface area contributed by atoms with Crippen molar-refractivity contribution in [2.45, 2.75) is 39.2 Å². The van der Waals surface area contributed by atoms with Crippen molar-refractivity contribution in [2.24, 2.45) is 0 Å². The molecule has 3 rings (SSSR count). The average molecular weight is 437 g/mol. The number of anilines is 1. The lowest BCUT2D eigenvalue weighted by Crippen LogP contribution is -2.27. The molecule has 31 heavy (non-hydrogen) atoms. The highest BCUT2D eigenvalue weighted by molar-refractivity contribution is 7.09. The Kier molecular flexibility index (Phi) is 7.84. The summed E-state index contributed by atoms with van der Waals surface area (Å²) in [5.41, 5.74) is 3.14. The minimum absolute atomic E-state index is 0.0491. The van der Waals surface area contributed by atoms with Crippen LogP contribution in [0.1, 0.15) is 52.2 Å². The molecule has 0 aliphatic rings. The summed E-state index contributed by atoms with van der Waals surface area (Å²) >= 11 is 1.71. The molecule has 3 aromatic rings. The molecular formula is C25H28N2O3S. The van der Waals surface area contributed by atoms with Crippen LogP contribution in [0, 0.1) is 6.92 Å². The van der Waals surface area contributed by atoms with Gasteiger partial charge < -0.3 is 15.4 Å². The van der Waals surface area contributed by atoms with Gasteiger partial charge in [-0.3, -0.25) is 9.59 Å². The van der Waals surface area contributed by atoms with Crippen LogP contribution in [0.4, 0.5) is 5.69 Å². The molecule has 0 aliphatic carbocycles. The fraction of sp³-hybridized carbons (Fsp3) is 0.280. The molecular weight excluding hydrogens is 408 g/mol. The van der Waals surface area contributed by atoms with Gasteiger partial charge in [-0.25, -0.2) is 0 Å². The number of ether oxygens (including phenoxy) is 1. The van der Waals surface area contributed by atoms with Crippen LogP contribution in [-0.2, 0) is 11.2 Å². The average Bonchev–Trinajstić information content (AvgIpc) is 3.27. The van der Waals surface area contributed by atoms with Gasteiger partial charge >= 0.3 is 0 Å². The molecule has 0 spiro atoms. The Morgan fingerprint density at radius 1 is 1.10 bits per heavy atom. The lowest BCUT2D eigenvalue weighted by Gasteiger charge is -2.18. The predicted octanol–water partition coefficient (Wildman–Crippen LogP) is 5.52. The van der Waals surface area contributed by atoms with Crippen LogP contribution < -0.4 is 15.4 Å². The number of thiophene rings is 1. The van der Waals surface area contributed by atoms with Crippen molar-refractivity contribution >= 4 is 28.8 Å². The molecule has 162 valence electrons. The molecule has 1 aromatic heterocycles. The van der Waals surface area contributed by atoms with E-state index in [1.165, 1.54) is 4.88 Å². The maximum absolute atomic E-state index is 12.8. The molecule has 0 radical (unpaired) electrons. The highest BCUT2D eigenvalue weighted by Gasteiger charge is 2.16. The molecule has 0 bridgehead atoms. The Morgan fingerprint density at radius 3 is 2.68 bits per heavy atom. The summed E-state index contributed by atoms with van der Waals surface area (Å²) in [5, 5.41) is 7.95. The van der Waals surface area contributed by atoms with Gasteiger partial charge in [-0.15, -0.1) is 11.3 Å². The number of aryl methyl sites for hydroxylation is 2. The monoisotopic (exact) mass is 436 g/mol. The van der Waals surface area contributed by atoms with E-state index in [-0.39, 0.29) is 17.9 Å². The standard InChI is InChI=1S/C25H28N2O3S/c1-17-12-13-23(30-3)22(15-17)18(2)26-25(29)19-7-4-8-20(16-19)27-24(28)11-5-9-21-10-6-14-31-21/h4,6-8,10,12-16,18H,5,9,11H2,1-3H3,(H,26,29)(H,27,28). The maximum atomic E-state index is 12.8. The Morgan fingerprint density at radius 2 is 1.94 bits per heavy atom. The van der Waals surface area contributed by atoms with E-state index < -0.39 is 0 Å². The summed E-state index contributed by atoms with van der Waals surface area (Å²) in [4.78, 5) is 26.3. The van der Waals surface area contributed by atoms with Gasteiger partial charge in [0.1, 0.15) is 5.75 Å². The van der Waals surface area contributed by atoms with Gasteiger partial charge in [-0.05, 0) is 62.4 Å². The van der Waals surface area contributed by atoms with E-state index in [0.29, 0.717) is 17.7 Å². The minimum atomic E-state index is -0.224. The molecule has 1 heterocycles. The summed E-state index contributed by atoms with van der Waals surface area (Å²) in [5.74, 6) is 0.485. The third kappa shape index (κ3) is 6.43. The van der Waals surface area contributed by atoms with Crippen LogP contribution in [-0.4, -0.2) is 18.9 Å². The Labute approximate surface area is 187 Å². The Hall–Kier alpha value is -3.12. The molecule has 5 nitrogen and oxygen atoms in total. The highest BCUT2D eigenvalue weighted by Crippen LogP contribution is 2.26. The molecule has 6 heteroatoms. The quantitative estimate of drug-likeness (QED) is 0.464. The summed E-state index contributed by atoms with van der Waals surface area (Å²) < 4.78 is 5.43. The van der Waals surface area contributed by atoms with Crippen LogP contribution in [0.5, 0.6) is 5.75 Å². The second kappa shape index (κ2) is 10.8. The van der Waals surface area contributed by atoms with E-state index in [9.17, 15) is 9.59 Å². The molecule has 0 saturated carbocycles. The molecule has 1 unspecified atom stereocenters. The fourth-order valence-corrected chi connectivity index (χ4v) is 4.14. The van der Waals surface area contributed by atoms with E-state index in [4.69, 9.17) is 4.74 Å². The van der Waals surface area contributed by atoms with Gasteiger partial charge in [0.05, 0.1) is 13.2 Å². The number of nitrogens with one attached hydrogen (secondary N) is 2. The summed E-state index contributed by atoms with van der Waals surface area (Å²) in [6.07, 6.45) is 2.13. The Bertz CT molecular complexity index is 1030. The number of hydrogen-bond donors (Lipinski definition) is 2. The molecule has 2 amide bonds. The van der Waals surface area contributed by atoms with Crippen LogP contribution in [0.2, 0.25) is 0 Å². The summed E-state index contributed by atoms with van der Waals surface area (Å²) in [6, 6.07) is 16.8. The number of benzene rings is 2. The van der Waals surface area contributed by atoms with Crippen molar-refractivity contribution in [2.75, 3.05) is 12.4 Å². The predicted molar refractivity (Wildman–Crippen MR) is 126 cm³/mol. The number of methoxy groups -OCH3 is 1. The van der Waals surface area contributed by atoms with Crippen molar-refractivity contribution in [3.63, 3.8) is 0 Å². The van der Waals surface area contributed by atoms with E-state index in [1.807, 2.05) is 43.5 Å². The van der Waals surface area contributed by atoms with Gasteiger partial charge in [-0.1, -0.05) is 29.8 Å². The van der Waals surface area contributed by atoms with Crippen molar-refractivity contribution in [3.8, 4) is 5.75 Å². The third-order valence-electron chi connectivity index (χ3n) is 5.01. The van der Waals surface area contributed by atoms with Crippen LogP contribution in [0.25, 0.3) is 0 Å². The zero-order valence-corrected chi connectivity index (χ0v) is 18.9. The Balaban J connectivity index is 1.58. The van der Waals surface area contributed by atoms with E-state index >= 15 is 0 Å². The number of hydrogen-bond acceptors (Lipinski definition) is 4. The lowest BCUT2D eigenvalue weighted by atomic mass is 10.0. The van der Waals surface area contributed by atoms with Crippen LogP contribution >= 0.6 is 11.3 Å². The third-order valence-corrected chi connectivity index (χ3v) is 5.95. The van der Waals surface area contributed by atoms with Gasteiger partial charge in [0.25, 0.3) is 5.91 Å². The molecule has 2 aromatic carbocycles. The normalized spacial score (nSPS) is 11.6. The van der Waals surface area contributed by atoms with Crippen molar-refractivity contribution in [3.05, 3.63) is 81.5 Å². The first-order valence-corrected chi connectivity index (χ1v) is 11.2. The minimum Gasteiger partial charge on any atom is -0.496 e. The SMILES string of the molecule is COc1ccc(C)cc1C(C)NC(=O)c1cccc(NC(=O)CCCc2cccs2)c1. The van der Waals surface area contributed by atoms with E-state index in [2.05, 4.69) is 16.7 Å². The lowest BCUT2D eigenvalue weighted by molar-refractivity contribution is -0.116. The first-order chi connectivity index (χ1) is 15.0. The van der Waals surface area contributed by atoms with Gasteiger partial charge in [0.2, 0.25) is 5.91 Å². The van der Waals surface area contributed by atoms with Crippen molar-refractivity contribution < 1.29 is 14.3 Å². The number of carbonyl (C=O) groups is 2. The van der Waals surface area contributed by atoms with Crippen molar-refractivity contribution in [1.29, 1.82) is 0 Å². The molecule has 0 aliphatic heterocycles. The summed E-state index contributed by atoms with van der Waals surface area (Å²) in [7, 11) is 1.62. The zero-order valence-electron chi connectivity index (χ0n) is 18.1. The van der Waals surface area contributed by atoms with Gasteiger partial charge in [-0.2, -0.15) is 0 Å². The van der Waals surface area contributed by atoms with E-state index in [0.717, 1.165) is 29.7 Å². The van der Waals surface area contributed by atoms with Gasteiger partial charge in [0, 0.05) is 28.1 Å². The van der Waals surface area contributed by atoms with Crippen LogP contribution in [0.3, 0.4) is 0 Å². The smallest absolute Gasteiger partial charge is 0.251 e. The van der Waals surface area contributed by atoms with Gasteiger partial charge in [0.15, 0.2) is 0 Å². The molecule has 1 atom stereocenters. The second-order valence-corrected chi connectivity index (χ2v) is 8.53. The highest BCUT2D eigenvalue weighted by atomic mass is 32.1. The first kappa shape index (κ1) is 22.6. The summed E-state index contributed by atoms with van der Waals surface area (Å²) in [6.45, 7) is 3.93. The van der Waals surface area contributed by atoms with Crippen molar-refractivity contribution in [1.82, 2.24) is 5.32 Å². The second-order valence-electron chi connectivity index (χ2n) is 7.50. The van der Waals surface area contributed by atoms with Crippen LogP contribution in [0.15, 0.2) is 60.0 Å². The zero-order chi connectivity index (χ0) is 22.2. The molecule has 0 fully saturated rings. The largest absolute Gasteiger partial charge is 0.496 e. The van der Waals surface area contributed by atoms with E-state index in [1.54, 1.807) is 42.7 Å². The topological polar surface area (TPSA) is 67.4 Å². The molecule has 0 saturated heterocycles. The maximum Gasteiger partial charge on any atom is 0.251 e. The number of carbonyl (C=O) groups excluding carboxylic acids is 2.